The Labute approximate surface area is 184 Å². The van der Waals surface area contributed by atoms with Crippen molar-refractivity contribution in [2.45, 2.75) is 25.8 Å². The van der Waals surface area contributed by atoms with E-state index in [-0.39, 0.29) is 23.9 Å². The Morgan fingerprint density at radius 2 is 1.84 bits per heavy atom. The van der Waals surface area contributed by atoms with Gasteiger partial charge in [0.2, 0.25) is 5.91 Å². The zero-order valence-corrected chi connectivity index (χ0v) is 17.4. The van der Waals surface area contributed by atoms with Crippen LogP contribution in [0.3, 0.4) is 0 Å². The molecule has 0 unspecified atom stereocenters. The number of hydrogen-bond acceptors (Lipinski definition) is 5. The number of nitrogens with zero attached hydrogens (tertiary/aromatic N) is 3. The van der Waals surface area contributed by atoms with Crippen LogP contribution in [-0.2, 0) is 30.6 Å². The number of H-pyrrole nitrogens is 1. The summed E-state index contributed by atoms with van der Waals surface area (Å²) in [5, 5.41) is 20.8. The lowest BCUT2D eigenvalue weighted by atomic mass is 10.0. The topological polar surface area (TPSA) is 121 Å². The molecule has 0 radical (unpaired) electrons. The summed E-state index contributed by atoms with van der Waals surface area (Å²) in [6.45, 7) is 1.32. The first kappa shape index (κ1) is 21.2. The van der Waals surface area contributed by atoms with Crippen molar-refractivity contribution in [1.29, 1.82) is 0 Å². The number of nitro benzene ring substituents is 1. The lowest BCUT2D eigenvalue weighted by Gasteiger charge is -2.27. The van der Waals surface area contributed by atoms with Crippen molar-refractivity contribution in [1.82, 2.24) is 20.4 Å². The lowest BCUT2D eigenvalue weighted by Crippen LogP contribution is -2.37. The Hall–Kier alpha value is -4.01. The van der Waals surface area contributed by atoms with Gasteiger partial charge < -0.3 is 10.2 Å². The van der Waals surface area contributed by atoms with Crippen molar-refractivity contribution >= 4 is 17.5 Å². The average Bonchev–Trinajstić information content (AvgIpc) is 3.23. The van der Waals surface area contributed by atoms with Gasteiger partial charge in [-0.1, -0.05) is 42.5 Å². The molecule has 1 aliphatic rings. The molecular weight excluding hydrogens is 410 g/mol. The molecule has 0 spiro atoms. The molecule has 0 bridgehead atoms. The molecule has 1 aliphatic heterocycles. The van der Waals surface area contributed by atoms with E-state index in [1.54, 1.807) is 17.0 Å². The molecule has 9 heteroatoms. The number of non-ortho nitro benzene ring substituents is 1. The van der Waals surface area contributed by atoms with E-state index in [9.17, 15) is 19.7 Å². The van der Waals surface area contributed by atoms with Crippen LogP contribution in [-0.4, -0.2) is 44.9 Å². The Bertz CT molecular complexity index is 1130. The highest BCUT2D eigenvalue weighted by Crippen LogP contribution is 2.22. The molecule has 1 aromatic heterocycles. The van der Waals surface area contributed by atoms with E-state index < -0.39 is 4.92 Å². The molecule has 2 amide bonds. The highest BCUT2D eigenvalue weighted by atomic mass is 16.6. The minimum absolute atomic E-state index is 0.00914. The molecule has 2 N–H and O–H groups in total. The second kappa shape index (κ2) is 9.42. The van der Waals surface area contributed by atoms with Gasteiger partial charge in [0.05, 0.1) is 11.3 Å². The maximum absolute atomic E-state index is 12.8. The summed E-state index contributed by atoms with van der Waals surface area (Å²) in [7, 11) is 0. The Kier molecular flexibility index (Phi) is 6.25. The van der Waals surface area contributed by atoms with Gasteiger partial charge in [-0.25, -0.2) is 0 Å². The fraction of sp³-hybridized carbons (Fsp3) is 0.261. The van der Waals surface area contributed by atoms with Gasteiger partial charge in [0.25, 0.3) is 11.6 Å². The quantitative estimate of drug-likeness (QED) is 0.438. The third-order valence-corrected chi connectivity index (χ3v) is 5.55. The zero-order valence-electron chi connectivity index (χ0n) is 17.4. The van der Waals surface area contributed by atoms with Crippen LogP contribution in [0.15, 0.2) is 54.6 Å². The van der Waals surface area contributed by atoms with Gasteiger partial charge in [-0.3, -0.25) is 24.8 Å². The van der Waals surface area contributed by atoms with Crippen LogP contribution in [0, 0.1) is 10.1 Å². The largest absolute Gasteiger partial charge is 0.350 e. The van der Waals surface area contributed by atoms with E-state index in [4.69, 9.17) is 0 Å². The van der Waals surface area contributed by atoms with Gasteiger partial charge in [-0.05, 0) is 17.5 Å². The Balaban J connectivity index is 1.36. The van der Waals surface area contributed by atoms with Gasteiger partial charge in [-0.2, -0.15) is 5.10 Å². The number of aromatic nitrogens is 2. The molecule has 3 aromatic rings. The fourth-order valence-electron chi connectivity index (χ4n) is 3.77. The molecule has 2 heterocycles. The Morgan fingerprint density at radius 1 is 1.09 bits per heavy atom. The van der Waals surface area contributed by atoms with Gasteiger partial charge >= 0.3 is 0 Å². The van der Waals surface area contributed by atoms with Crippen molar-refractivity contribution in [2.24, 2.45) is 0 Å². The van der Waals surface area contributed by atoms with E-state index in [1.165, 1.54) is 12.1 Å². The molecule has 4 rings (SSSR count). The number of fused-ring (bicyclic) bond motifs is 1. The van der Waals surface area contributed by atoms with Crippen LogP contribution >= 0.6 is 0 Å². The van der Waals surface area contributed by atoms with Crippen molar-refractivity contribution < 1.29 is 14.5 Å². The second-order valence-corrected chi connectivity index (χ2v) is 7.69. The van der Waals surface area contributed by atoms with E-state index in [1.807, 2.05) is 30.3 Å². The summed E-state index contributed by atoms with van der Waals surface area (Å²) in [5.41, 5.74) is 3.77. The number of nitro groups is 1. The first-order valence-electron chi connectivity index (χ1n) is 10.4. The second-order valence-electron chi connectivity index (χ2n) is 7.69. The highest BCUT2D eigenvalue weighted by Gasteiger charge is 2.27. The van der Waals surface area contributed by atoms with Gasteiger partial charge in [0.15, 0.2) is 5.69 Å². The number of hydrogen-bond donors (Lipinski definition) is 2. The van der Waals surface area contributed by atoms with Gasteiger partial charge in [-0.15, -0.1) is 0 Å². The smallest absolute Gasteiger partial charge is 0.272 e. The fourth-order valence-corrected chi connectivity index (χ4v) is 3.77. The molecule has 0 aliphatic carbocycles. The van der Waals surface area contributed by atoms with E-state index >= 15 is 0 Å². The summed E-state index contributed by atoms with van der Waals surface area (Å²) < 4.78 is 0. The molecule has 9 nitrogen and oxygen atoms in total. The SMILES string of the molecule is O=C(NCCc1ccccc1)c1n[nH]c2c1CN(C(=O)Cc1ccc([N+](=O)[O-])cc1)CC2. The number of aromatic amines is 1. The normalized spacial score (nSPS) is 12.8. The molecule has 32 heavy (non-hydrogen) atoms. The molecular formula is C23H23N5O4. The molecule has 0 saturated carbocycles. The number of amides is 2. The predicted molar refractivity (Wildman–Crippen MR) is 117 cm³/mol. The number of rotatable bonds is 7. The van der Waals surface area contributed by atoms with Gasteiger partial charge in [0, 0.05) is 49.4 Å². The summed E-state index contributed by atoms with van der Waals surface area (Å²) in [6, 6.07) is 15.9. The monoisotopic (exact) mass is 433 g/mol. The van der Waals surface area contributed by atoms with Crippen LogP contribution in [0.25, 0.3) is 0 Å². The molecule has 2 aromatic carbocycles. The number of nitrogens with one attached hydrogen (secondary N) is 2. The summed E-state index contributed by atoms with van der Waals surface area (Å²) in [6.07, 6.45) is 1.45. The number of benzene rings is 2. The third-order valence-electron chi connectivity index (χ3n) is 5.55. The summed E-state index contributed by atoms with van der Waals surface area (Å²) in [5.74, 6) is -0.357. The minimum Gasteiger partial charge on any atom is -0.350 e. The van der Waals surface area contributed by atoms with Crippen molar-refractivity contribution in [3.63, 3.8) is 0 Å². The summed E-state index contributed by atoms with van der Waals surface area (Å²) in [4.78, 5) is 37.5. The number of carbonyl (C=O) groups is 2. The first-order chi connectivity index (χ1) is 15.5. The van der Waals surface area contributed by atoms with Crippen LogP contribution in [0.2, 0.25) is 0 Å². The van der Waals surface area contributed by atoms with Crippen LogP contribution in [0.4, 0.5) is 5.69 Å². The predicted octanol–water partition coefficient (Wildman–Crippen LogP) is 2.42. The molecule has 0 fully saturated rings. The lowest BCUT2D eigenvalue weighted by molar-refractivity contribution is -0.384. The van der Waals surface area contributed by atoms with Crippen LogP contribution in [0.5, 0.6) is 0 Å². The molecule has 164 valence electrons. The molecule has 0 saturated heterocycles. The van der Waals surface area contributed by atoms with Crippen LogP contribution in [0.1, 0.15) is 32.9 Å². The highest BCUT2D eigenvalue weighted by molar-refractivity contribution is 5.94. The van der Waals surface area contributed by atoms with Crippen molar-refractivity contribution in [3.05, 3.63) is 92.8 Å². The maximum atomic E-state index is 12.8. The standard InChI is InChI=1S/C23H23N5O4/c29-21(14-17-6-8-18(9-7-17)28(31)32)27-13-11-20-19(15-27)22(26-25-20)23(30)24-12-10-16-4-2-1-3-5-16/h1-9H,10-15H2,(H,24,30)(H,25,26). The molecule has 0 atom stereocenters. The Morgan fingerprint density at radius 3 is 2.56 bits per heavy atom. The third kappa shape index (κ3) is 4.83. The van der Waals surface area contributed by atoms with E-state index in [0.717, 1.165) is 23.2 Å². The van der Waals surface area contributed by atoms with E-state index in [0.29, 0.717) is 37.3 Å². The van der Waals surface area contributed by atoms with Gasteiger partial charge in [0.1, 0.15) is 0 Å². The van der Waals surface area contributed by atoms with Crippen molar-refractivity contribution in [2.75, 3.05) is 13.1 Å². The van der Waals surface area contributed by atoms with Crippen molar-refractivity contribution in [3.8, 4) is 0 Å². The maximum Gasteiger partial charge on any atom is 0.272 e. The summed E-state index contributed by atoms with van der Waals surface area (Å²) >= 11 is 0. The zero-order chi connectivity index (χ0) is 22.5. The first-order valence-corrected chi connectivity index (χ1v) is 10.4. The minimum atomic E-state index is -0.469. The van der Waals surface area contributed by atoms with E-state index in [2.05, 4.69) is 15.5 Å². The average molecular weight is 433 g/mol. The number of carbonyl (C=O) groups excluding carboxylic acids is 2. The van der Waals surface area contributed by atoms with Crippen LogP contribution < -0.4 is 5.32 Å².